The van der Waals surface area contributed by atoms with Crippen molar-refractivity contribution in [3.63, 3.8) is 0 Å². The van der Waals surface area contributed by atoms with E-state index in [2.05, 4.69) is 18.8 Å². The Morgan fingerprint density at radius 3 is 2.67 bits per heavy atom. The Labute approximate surface area is 107 Å². The summed E-state index contributed by atoms with van der Waals surface area (Å²) < 4.78 is 26.0. The topological polar surface area (TPSA) is 12.0 Å². The first-order chi connectivity index (χ1) is 8.52. The molecule has 0 bridgehead atoms. The van der Waals surface area contributed by atoms with Crippen LogP contribution in [-0.2, 0) is 6.42 Å². The van der Waals surface area contributed by atoms with Gasteiger partial charge in [0.05, 0.1) is 0 Å². The zero-order chi connectivity index (χ0) is 13.2. The molecule has 0 aromatic heterocycles. The van der Waals surface area contributed by atoms with Crippen LogP contribution >= 0.6 is 0 Å². The number of nitrogens with one attached hydrogen (secondary N) is 1. The van der Waals surface area contributed by atoms with E-state index in [0.29, 0.717) is 12.5 Å². The summed E-state index contributed by atoms with van der Waals surface area (Å²) in [7, 11) is 0. The van der Waals surface area contributed by atoms with E-state index in [1.807, 2.05) is 6.08 Å². The first kappa shape index (κ1) is 13.2. The first-order valence-corrected chi connectivity index (χ1v) is 6.33. The Morgan fingerprint density at radius 2 is 2.11 bits per heavy atom. The highest BCUT2D eigenvalue weighted by Gasteiger charge is 2.26. The first-order valence-electron chi connectivity index (χ1n) is 6.33. The Bertz CT molecular complexity index is 440. The van der Waals surface area contributed by atoms with Crippen LogP contribution in [0.3, 0.4) is 0 Å². The fourth-order valence-electron chi connectivity index (χ4n) is 1.99. The Hall–Kier alpha value is -1.22. The van der Waals surface area contributed by atoms with Gasteiger partial charge >= 0.3 is 0 Å². The monoisotopic (exact) mass is 251 g/mol. The van der Waals surface area contributed by atoms with Crippen LogP contribution < -0.4 is 5.32 Å². The third-order valence-corrected chi connectivity index (χ3v) is 3.46. The van der Waals surface area contributed by atoms with Crippen LogP contribution in [0.1, 0.15) is 25.3 Å². The molecule has 2 rings (SSSR count). The maximum absolute atomic E-state index is 13.2. The second kappa shape index (κ2) is 5.19. The van der Waals surface area contributed by atoms with Crippen molar-refractivity contribution in [1.82, 2.24) is 5.32 Å². The van der Waals surface area contributed by atoms with Crippen LogP contribution in [0.2, 0.25) is 0 Å². The van der Waals surface area contributed by atoms with E-state index in [9.17, 15) is 8.78 Å². The summed E-state index contributed by atoms with van der Waals surface area (Å²) in [6, 6.07) is 4.72. The van der Waals surface area contributed by atoms with E-state index in [4.69, 9.17) is 0 Å². The lowest BCUT2D eigenvalue weighted by Crippen LogP contribution is -2.33. The molecule has 1 N–H and O–H groups in total. The van der Waals surface area contributed by atoms with Crippen molar-refractivity contribution in [3.8, 4) is 0 Å². The molecule has 0 radical (unpaired) electrons. The van der Waals surface area contributed by atoms with Crippen LogP contribution in [-0.4, -0.2) is 12.6 Å². The van der Waals surface area contributed by atoms with Gasteiger partial charge in [0.15, 0.2) is 11.6 Å². The minimum absolute atomic E-state index is 0.132. The fraction of sp³-hybridized carbons (Fsp3) is 0.467. The number of halogens is 2. The fourth-order valence-corrected chi connectivity index (χ4v) is 1.99. The van der Waals surface area contributed by atoms with Gasteiger partial charge in [-0.15, -0.1) is 6.58 Å². The number of hydrogen-bond donors (Lipinski definition) is 1. The van der Waals surface area contributed by atoms with Gasteiger partial charge < -0.3 is 5.32 Å². The molecule has 1 saturated carbocycles. The maximum atomic E-state index is 13.2. The van der Waals surface area contributed by atoms with E-state index in [1.54, 1.807) is 6.07 Å². The highest BCUT2D eigenvalue weighted by atomic mass is 19.2. The standard InChI is InChI=1S/C15H19F2N/c1-3-15(2,10-18-12-5-6-12)9-11-4-7-13(16)14(17)8-11/h3-4,7-8,12,18H,1,5-6,9-10H2,2H3. The number of benzene rings is 1. The molecular formula is C15H19F2N. The molecule has 0 heterocycles. The van der Waals surface area contributed by atoms with E-state index < -0.39 is 11.6 Å². The van der Waals surface area contributed by atoms with Crippen molar-refractivity contribution in [3.05, 3.63) is 48.1 Å². The number of hydrogen-bond acceptors (Lipinski definition) is 1. The molecule has 1 atom stereocenters. The van der Waals surface area contributed by atoms with Gasteiger partial charge in [0, 0.05) is 18.0 Å². The zero-order valence-corrected chi connectivity index (χ0v) is 10.7. The van der Waals surface area contributed by atoms with Crippen molar-refractivity contribution < 1.29 is 8.78 Å². The van der Waals surface area contributed by atoms with Crippen LogP contribution in [0.25, 0.3) is 0 Å². The summed E-state index contributed by atoms with van der Waals surface area (Å²) in [4.78, 5) is 0. The normalized spacial score (nSPS) is 18.4. The molecule has 1 unspecified atom stereocenters. The van der Waals surface area contributed by atoms with E-state index >= 15 is 0 Å². The summed E-state index contributed by atoms with van der Waals surface area (Å²) in [5.41, 5.74) is 0.668. The van der Waals surface area contributed by atoms with Gasteiger partial charge in [0.25, 0.3) is 0 Å². The third kappa shape index (κ3) is 3.39. The van der Waals surface area contributed by atoms with Crippen LogP contribution in [0.4, 0.5) is 8.78 Å². The predicted molar refractivity (Wildman–Crippen MR) is 69.4 cm³/mol. The van der Waals surface area contributed by atoms with Gasteiger partial charge in [-0.05, 0) is 37.0 Å². The largest absolute Gasteiger partial charge is 0.313 e. The van der Waals surface area contributed by atoms with E-state index in [1.165, 1.54) is 25.0 Å². The molecule has 0 amide bonds. The third-order valence-electron chi connectivity index (χ3n) is 3.46. The summed E-state index contributed by atoms with van der Waals surface area (Å²) in [6.45, 7) is 6.76. The molecule has 1 aliphatic carbocycles. The molecule has 0 aliphatic heterocycles. The summed E-state index contributed by atoms with van der Waals surface area (Å²) >= 11 is 0. The Morgan fingerprint density at radius 1 is 1.39 bits per heavy atom. The molecule has 0 spiro atoms. The molecule has 1 aromatic rings. The van der Waals surface area contributed by atoms with Gasteiger partial charge in [-0.2, -0.15) is 0 Å². The predicted octanol–water partition coefficient (Wildman–Crippen LogP) is 3.45. The Kier molecular flexibility index (Phi) is 3.81. The maximum Gasteiger partial charge on any atom is 0.159 e. The van der Waals surface area contributed by atoms with E-state index in [-0.39, 0.29) is 5.41 Å². The molecule has 1 aliphatic rings. The lowest BCUT2D eigenvalue weighted by atomic mass is 9.83. The number of rotatable bonds is 6. The van der Waals surface area contributed by atoms with Crippen molar-refractivity contribution in [2.45, 2.75) is 32.2 Å². The van der Waals surface area contributed by atoms with E-state index in [0.717, 1.165) is 12.1 Å². The van der Waals surface area contributed by atoms with Crippen molar-refractivity contribution in [2.75, 3.05) is 6.54 Å². The molecular weight excluding hydrogens is 232 g/mol. The SMILES string of the molecule is C=CC(C)(CNC1CC1)Cc1ccc(F)c(F)c1. The van der Waals surface area contributed by atoms with Crippen molar-refractivity contribution >= 4 is 0 Å². The van der Waals surface area contributed by atoms with Crippen LogP contribution in [0, 0.1) is 17.0 Å². The average Bonchev–Trinajstić information content (AvgIpc) is 3.16. The second-order valence-corrected chi connectivity index (χ2v) is 5.44. The second-order valence-electron chi connectivity index (χ2n) is 5.44. The van der Waals surface area contributed by atoms with Crippen molar-refractivity contribution in [2.24, 2.45) is 5.41 Å². The summed E-state index contributed by atoms with van der Waals surface area (Å²) in [5.74, 6) is -1.58. The zero-order valence-electron chi connectivity index (χ0n) is 10.7. The van der Waals surface area contributed by atoms with Gasteiger partial charge in [0.2, 0.25) is 0 Å². The van der Waals surface area contributed by atoms with Crippen LogP contribution in [0.5, 0.6) is 0 Å². The molecule has 18 heavy (non-hydrogen) atoms. The quantitative estimate of drug-likeness (QED) is 0.764. The average molecular weight is 251 g/mol. The highest BCUT2D eigenvalue weighted by molar-refractivity contribution is 5.20. The molecule has 1 fully saturated rings. The minimum Gasteiger partial charge on any atom is -0.313 e. The van der Waals surface area contributed by atoms with Gasteiger partial charge in [-0.3, -0.25) is 0 Å². The summed E-state index contributed by atoms with van der Waals surface area (Å²) in [6.07, 6.45) is 5.02. The van der Waals surface area contributed by atoms with Gasteiger partial charge in [-0.25, -0.2) is 8.78 Å². The lowest BCUT2D eigenvalue weighted by molar-refractivity contribution is 0.388. The molecule has 98 valence electrons. The molecule has 1 aromatic carbocycles. The van der Waals surface area contributed by atoms with Gasteiger partial charge in [-0.1, -0.05) is 19.1 Å². The molecule has 1 nitrogen and oxygen atoms in total. The smallest absolute Gasteiger partial charge is 0.159 e. The van der Waals surface area contributed by atoms with Crippen LogP contribution in [0.15, 0.2) is 30.9 Å². The lowest BCUT2D eigenvalue weighted by Gasteiger charge is -2.26. The van der Waals surface area contributed by atoms with Crippen molar-refractivity contribution in [1.29, 1.82) is 0 Å². The summed E-state index contributed by atoms with van der Waals surface area (Å²) in [5, 5.41) is 3.46. The molecule has 0 saturated heterocycles. The minimum atomic E-state index is -0.796. The highest BCUT2D eigenvalue weighted by Crippen LogP contribution is 2.26. The Balaban J connectivity index is 2.02. The van der Waals surface area contributed by atoms with Gasteiger partial charge in [0.1, 0.15) is 0 Å². The molecule has 3 heteroatoms.